The Labute approximate surface area is 412 Å². The minimum Gasteiger partial charge on any atom is -0.462 e. The zero-order valence-electron chi connectivity index (χ0n) is 43.4. The first-order valence-corrected chi connectivity index (χ1v) is 27.4. The van der Waals surface area contributed by atoms with E-state index in [1.54, 1.807) is 0 Å². The molecule has 0 amide bonds. The summed E-state index contributed by atoms with van der Waals surface area (Å²) in [7, 11) is 0. The van der Waals surface area contributed by atoms with Gasteiger partial charge in [0.1, 0.15) is 13.2 Å². The van der Waals surface area contributed by atoms with E-state index in [0.717, 1.165) is 135 Å². The molecular weight excluding hydrogens is 829 g/mol. The van der Waals surface area contributed by atoms with Gasteiger partial charge in [-0.25, -0.2) is 0 Å². The number of unbranched alkanes of at least 4 members (excludes halogenated alkanes) is 19. The molecule has 0 fully saturated rings. The van der Waals surface area contributed by atoms with Crippen molar-refractivity contribution in [3.63, 3.8) is 0 Å². The van der Waals surface area contributed by atoms with E-state index in [1.165, 1.54) is 57.8 Å². The van der Waals surface area contributed by atoms with Crippen LogP contribution < -0.4 is 0 Å². The van der Waals surface area contributed by atoms with Crippen LogP contribution in [0.4, 0.5) is 0 Å². The van der Waals surface area contributed by atoms with Crippen LogP contribution in [0.5, 0.6) is 0 Å². The average molecular weight is 929 g/mol. The monoisotopic (exact) mass is 929 g/mol. The highest BCUT2D eigenvalue weighted by Gasteiger charge is 2.19. The van der Waals surface area contributed by atoms with Crippen molar-refractivity contribution in [3.8, 4) is 0 Å². The van der Waals surface area contributed by atoms with Crippen molar-refractivity contribution in [1.82, 2.24) is 0 Å². The number of carbonyl (C=O) groups excluding carboxylic acids is 3. The normalized spacial score (nSPS) is 12.9. The first-order valence-electron chi connectivity index (χ1n) is 27.4. The second kappa shape index (κ2) is 54.7. The van der Waals surface area contributed by atoms with E-state index in [2.05, 4.69) is 130 Å². The fraction of sp³-hybridized carbons (Fsp3) is 0.656. The molecule has 0 radical (unpaired) electrons. The molecule has 0 aliphatic rings. The van der Waals surface area contributed by atoms with Gasteiger partial charge < -0.3 is 14.2 Å². The van der Waals surface area contributed by atoms with Gasteiger partial charge in [0.15, 0.2) is 6.10 Å². The summed E-state index contributed by atoms with van der Waals surface area (Å²) >= 11 is 0. The molecular formula is C61H100O6. The third-order valence-corrected chi connectivity index (χ3v) is 11.2. The highest BCUT2D eigenvalue weighted by molar-refractivity contribution is 5.71. The summed E-state index contributed by atoms with van der Waals surface area (Å²) in [5.74, 6) is -0.973. The highest BCUT2D eigenvalue weighted by atomic mass is 16.6. The van der Waals surface area contributed by atoms with Crippen LogP contribution in [-0.2, 0) is 28.6 Å². The van der Waals surface area contributed by atoms with Gasteiger partial charge in [0.05, 0.1) is 0 Å². The molecule has 0 rings (SSSR count). The minimum absolute atomic E-state index is 0.104. The Morgan fingerprint density at radius 2 is 0.612 bits per heavy atom. The summed E-state index contributed by atoms with van der Waals surface area (Å²) in [5, 5.41) is 0. The molecule has 380 valence electrons. The number of ether oxygens (including phenoxy) is 3. The van der Waals surface area contributed by atoms with Gasteiger partial charge in [0.25, 0.3) is 0 Å². The molecule has 0 aromatic heterocycles. The van der Waals surface area contributed by atoms with Gasteiger partial charge in [-0.1, -0.05) is 207 Å². The van der Waals surface area contributed by atoms with Crippen molar-refractivity contribution < 1.29 is 28.6 Å². The van der Waals surface area contributed by atoms with E-state index in [-0.39, 0.29) is 31.1 Å². The summed E-state index contributed by atoms with van der Waals surface area (Å²) in [6.45, 7) is 6.39. The Hall–Kier alpha value is -3.93. The van der Waals surface area contributed by atoms with Crippen molar-refractivity contribution >= 4 is 17.9 Å². The Morgan fingerprint density at radius 1 is 0.313 bits per heavy atom. The van der Waals surface area contributed by atoms with E-state index in [0.29, 0.717) is 25.7 Å². The van der Waals surface area contributed by atoms with Gasteiger partial charge >= 0.3 is 17.9 Å². The molecule has 0 spiro atoms. The van der Waals surface area contributed by atoms with Crippen LogP contribution in [0, 0.1) is 0 Å². The number of hydrogen-bond donors (Lipinski definition) is 0. The van der Waals surface area contributed by atoms with Crippen LogP contribution in [0.25, 0.3) is 0 Å². The number of esters is 3. The zero-order valence-corrected chi connectivity index (χ0v) is 43.4. The summed E-state index contributed by atoms with van der Waals surface area (Å²) in [5.41, 5.74) is 0. The third-order valence-electron chi connectivity index (χ3n) is 11.2. The second-order valence-electron chi connectivity index (χ2n) is 17.7. The first kappa shape index (κ1) is 63.1. The van der Waals surface area contributed by atoms with Crippen molar-refractivity contribution in [2.45, 2.75) is 245 Å². The van der Waals surface area contributed by atoms with Crippen LogP contribution in [0.1, 0.15) is 239 Å². The molecule has 1 atom stereocenters. The molecule has 0 bridgehead atoms. The summed E-state index contributed by atoms with van der Waals surface area (Å²) in [6.07, 6.45) is 73.6. The maximum absolute atomic E-state index is 12.8. The van der Waals surface area contributed by atoms with E-state index in [1.807, 2.05) is 0 Å². The smallest absolute Gasteiger partial charge is 0.306 e. The predicted molar refractivity (Wildman–Crippen MR) is 288 cm³/mol. The number of hydrogen-bond acceptors (Lipinski definition) is 6. The Bertz CT molecular complexity index is 1390. The minimum atomic E-state index is -0.808. The number of allylic oxidation sites excluding steroid dienone is 18. The molecule has 0 N–H and O–H groups in total. The number of carbonyl (C=O) groups is 3. The molecule has 0 aromatic carbocycles. The standard InChI is InChI=1S/C61H100O6/c1-4-7-10-13-16-19-22-25-27-28-29-30-31-32-34-36-39-42-45-48-51-54-60(63)66-57-58(56-65-59(62)53-50-47-44-41-38-35-24-21-18-15-12-9-6-3)67-61(64)55-52-49-46-43-40-37-33-26-23-20-17-14-11-8-5-2/h7,10,12,15-16,19,21,24-27,29-30,32-34,39,42,58H,4-6,8-9,11,13-14,17-18,20,22-23,28,31,35-38,40-41,43-57H2,1-3H3/b10-7-,15-12-,19-16-,24-21-,27-25-,30-29-,33-26-,34-32-,42-39-. The molecule has 0 aliphatic carbocycles. The van der Waals surface area contributed by atoms with Gasteiger partial charge in [0, 0.05) is 19.3 Å². The summed E-state index contributed by atoms with van der Waals surface area (Å²) in [4.78, 5) is 38.1. The van der Waals surface area contributed by atoms with Gasteiger partial charge in [-0.15, -0.1) is 0 Å². The van der Waals surface area contributed by atoms with Crippen LogP contribution in [-0.4, -0.2) is 37.2 Å². The van der Waals surface area contributed by atoms with Gasteiger partial charge in [0.2, 0.25) is 0 Å². The van der Waals surface area contributed by atoms with Gasteiger partial charge in [-0.3, -0.25) is 14.4 Å². The van der Waals surface area contributed by atoms with Gasteiger partial charge in [-0.2, -0.15) is 0 Å². The lowest BCUT2D eigenvalue weighted by atomic mass is 10.1. The van der Waals surface area contributed by atoms with Crippen molar-refractivity contribution in [2.75, 3.05) is 13.2 Å². The zero-order chi connectivity index (χ0) is 48.6. The predicted octanol–water partition coefficient (Wildman–Crippen LogP) is 18.3. The second-order valence-corrected chi connectivity index (χ2v) is 17.7. The molecule has 6 heteroatoms. The fourth-order valence-corrected chi connectivity index (χ4v) is 7.12. The lowest BCUT2D eigenvalue weighted by Crippen LogP contribution is -2.30. The maximum atomic E-state index is 12.8. The lowest BCUT2D eigenvalue weighted by Gasteiger charge is -2.18. The Morgan fingerprint density at radius 3 is 1.01 bits per heavy atom. The molecule has 1 unspecified atom stereocenters. The van der Waals surface area contributed by atoms with Crippen molar-refractivity contribution in [1.29, 1.82) is 0 Å². The fourth-order valence-electron chi connectivity index (χ4n) is 7.12. The highest BCUT2D eigenvalue weighted by Crippen LogP contribution is 2.13. The van der Waals surface area contributed by atoms with E-state index >= 15 is 0 Å². The molecule has 67 heavy (non-hydrogen) atoms. The maximum Gasteiger partial charge on any atom is 0.306 e. The van der Waals surface area contributed by atoms with E-state index < -0.39 is 6.10 Å². The summed E-state index contributed by atoms with van der Waals surface area (Å²) in [6, 6.07) is 0. The van der Waals surface area contributed by atoms with E-state index in [9.17, 15) is 14.4 Å². The van der Waals surface area contributed by atoms with Crippen LogP contribution >= 0.6 is 0 Å². The molecule has 0 saturated heterocycles. The molecule has 0 heterocycles. The topological polar surface area (TPSA) is 78.9 Å². The van der Waals surface area contributed by atoms with Crippen molar-refractivity contribution in [3.05, 3.63) is 109 Å². The Balaban J connectivity index is 4.49. The Kier molecular flexibility index (Phi) is 51.5. The van der Waals surface area contributed by atoms with E-state index in [4.69, 9.17) is 14.2 Å². The third kappa shape index (κ3) is 52.9. The molecule has 0 aliphatic heterocycles. The largest absolute Gasteiger partial charge is 0.462 e. The van der Waals surface area contributed by atoms with Crippen molar-refractivity contribution in [2.24, 2.45) is 0 Å². The average Bonchev–Trinajstić information content (AvgIpc) is 3.33. The lowest BCUT2D eigenvalue weighted by molar-refractivity contribution is -0.167. The quantitative estimate of drug-likeness (QED) is 0.0262. The first-order chi connectivity index (χ1) is 33.0. The SMILES string of the molecule is CC/C=C\C/C=C\C/C=C\C/C=C\C/C=C\C/C=C\CCCCC(=O)OCC(COC(=O)CCCCCCC/C=C\C/C=C\CCC)OC(=O)CCCCCCC/C=C\CCCCCCCC. The number of rotatable bonds is 48. The summed E-state index contributed by atoms with van der Waals surface area (Å²) < 4.78 is 16.8. The van der Waals surface area contributed by atoms with Crippen LogP contribution in [0.3, 0.4) is 0 Å². The van der Waals surface area contributed by atoms with Crippen LogP contribution in [0.15, 0.2) is 109 Å². The van der Waals surface area contributed by atoms with Gasteiger partial charge in [-0.05, 0) is 122 Å². The molecule has 6 nitrogen and oxygen atoms in total. The molecule has 0 aromatic rings. The molecule has 0 saturated carbocycles. The van der Waals surface area contributed by atoms with Crippen LogP contribution in [0.2, 0.25) is 0 Å².